The average Bonchev–Trinajstić information content (AvgIpc) is 2.86. The fourth-order valence-corrected chi connectivity index (χ4v) is 2.88. The van der Waals surface area contributed by atoms with Crippen molar-refractivity contribution in [2.45, 2.75) is 19.1 Å². The highest BCUT2D eigenvalue weighted by atomic mass is 35.5. The minimum atomic E-state index is -0.823. The molecule has 0 aromatic heterocycles. The second-order valence-electron chi connectivity index (χ2n) is 7.23. The van der Waals surface area contributed by atoms with Crippen LogP contribution in [-0.4, -0.2) is 25.1 Å². The molecular formula is C26H27ClN2O5. The van der Waals surface area contributed by atoms with Gasteiger partial charge in [0.2, 0.25) is 0 Å². The molecule has 178 valence electrons. The zero-order chi connectivity index (χ0) is 23.5. The molecule has 0 fully saturated rings. The molecular weight excluding hydrogens is 456 g/mol. The molecule has 34 heavy (non-hydrogen) atoms. The maximum Gasteiger partial charge on any atom is 0.348 e. The molecule has 0 aliphatic rings. The molecule has 3 aromatic rings. The van der Waals surface area contributed by atoms with Gasteiger partial charge in [0.15, 0.2) is 0 Å². The number of ether oxygens (including phenoxy) is 2. The van der Waals surface area contributed by atoms with Gasteiger partial charge in [-0.15, -0.1) is 12.4 Å². The quantitative estimate of drug-likeness (QED) is 0.252. The predicted molar refractivity (Wildman–Crippen MR) is 133 cm³/mol. The summed E-state index contributed by atoms with van der Waals surface area (Å²) in [6.45, 7) is 0.486. The minimum absolute atomic E-state index is 0. The molecule has 0 spiro atoms. The summed E-state index contributed by atoms with van der Waals surface area (Å²) in [6.07, 6.45) is 3.27. The molecule has 0 saturated carbocycles. The largest absolute Gasteiger partial charge is 0.489 e. The highest BCUT2D eigenvalue weighted by Gasteiger charge is 2.16. The van der Waals surface area contributed by atoms with Crippen molar-refractivity contribution in [1.29, 1.82) is 0 Å². The first kappa shape index (κ1) is 26.4. The Labute approximate surface area is 204 Å². The van der Waals surface area contributed by atoms with Gasteiger partial charge in [0.25, 0.3) is 0 Å². The van der Waals surface area contributed by atoms with Crippen LogP contribution in [0.5, 0.6) is 5.75 Å². The third-order valence-electron chi connectivity index (χ3n) is 4.72. The summed E-state index contributed by atoms with van der Waals surface area (Å²) in [7, 11) is 1.31. The van der Waals surface area contributed by atoms with Crippen LogP contribution in [0.1, 0.15) is 16.7 Å². The number of nitrogens with one attached hydrogen (secondary N) is 1. The predicted octanol–water partition coefficient (Wildman–Crippen LogP) is 4.31. The molecule has 7 nitrogen and oxygen atoms in total. The normalized spacial score (nSPS) is 11.2. The maximum absolute atomic E-state index is 12.2. The number of anilines is 1. The summed E-state index contributed by atoms with van der Waals surface area (Å²) in [5, 5.41) is 0. The molecule has 0 radical (unpaired) electrons. The number of esters is 1. The van der Waals surface area contributed by atoms with Crippen LogP contribution in [-0.2, 0) is 32.2 Å². The van der Waals surface area contributed by atoms with Gasteiger partial charge in [0.05, 0.1) is 12.8 Å². The fourth-order valence-electron chi connectivity index (χ4n) is 2.88. The van der Waals surface area contributed by atoms with E-state index in [1.807, 2.05) is 54.6 Å². The topological polar surface area (TPSA) is 99.9 Å². The minimum Gasteiger partial charge on any atom is -0.489 e. The van der Waals surface area contributed by atoms with Gasteiger partial charge in [-0.25, -0.2) is 15.1 Å². The number of hydrogen-bond acceptors (Lipinski definition) is 7. The average molecular weight is 483 g/mol. The number of carbonyl (C=O) groups is 2. The molecule has 0 aliphatic heterocycles. The number of benzene rings is 3. The number of carbonyl (C=O) groups excluding carboxylic acids is 2. The van der Waals surface area contributed by atoms with Crippen molar-refractivity contribution in [3.8, 4) is 5.75 Å². The second-order valence-corrected chi connectivity index (χ2v) is 7.23. The van der Waals surface area contributed by atoms with Gasteiger partial charge in [0, 0.05) is 6.08 Å². The van der Waals surface area contributed by atoms with Crippen LogP contribution >= 0.6 is 12.4 Å². The summed E-state index contributed by atoms with van der Waals surface area (Å²) < 4.78 is 10.3. The van der Waals surface area contributed by atoms with Gasteiger partial charge in [0.1, 0.15) is 18.4 Å². The molecule has 3 rings (SSSR count). The lowest BCUT2D eigenvalue weighted by molar-refractivity contribution is -0.142. The SMILES string of the molecule is COC(=O)C=Cc1ccc(NOC(=O)[C@@H](N)Cc2ccc(OCc3ccccc3)cc2)cc1.Cl. The molecule has 3 N–H and O–H groups in total. The highest BCUT2D eigenvalue weighted by Crippen LogP contribution is 2.16. The van der Waals surface area contributed by atoms with Crippen LogP contribution < -0.4 is 16.0 Å². The van der Waals surface area contributed by atoms with Crippen LogP contribution in [0, 0.1) is 0 Å². The van der Waals surface area contributed by atoms with Crippen LogP contribution in [0.3, 0.4) is 0 Å². The van der Waals surface area contributed by atoms with Gasteiger partial charge >= 0.3 is 11.9 Å². The molecule has 1 atom stereocenters. The maximum atomic E-state index is 12.2. The zero-order valence-corrected chi connectivity index (χ0v) is 19.5. The van der Waals surface area contributed by atoms with E-state index >= 15 is 0 Å². The third-order valence-corrected chi connectivity index (χ3v) is 4.72. The van der Waals surface area contributed by atoms with E-state index in [1.54, 1.807) is 30.3 Å². The Bertz CT molecular complexity index is 1070. The number of methoxy groups -OCH3 is 1. The van der Waals surface area contributed by atoms with E-state index < -0.39 is 18.0 Å². The van der Waals surface area contributed by atoms with Crippen LogP contribution in [0.15, 0.2) is 84.9 Å². The van der Waals surface area contributed by atoms with Gasteiger partial charge in [-0.05, 0) is 53.5 Å². The van der Waals surface area contributed by atoms with E-state index in [9.17, 15) is 9.59 Å². The first-order valence-electron chi connectivity index (χ1n) is 10.4. The van der Waals surface area contributed by atoms with Gasteiger partial charge in [-0.3, -0.25) is 0 Å². The van der Waals surface area contributed by atoms with Crippen molar-refractivity contribution in [3.05, 3.63) is 102 Å². The van der Waals surface area contributed by atoms with E-state index in [0.29, 0.717) is 18.7 Å². The van der Waals surface area contributed by atoms with E-state index in [0.717, 1.165) is 22.4 Å². The molecule has 0 bridgehead atoms. The lowest BCUT2D eigenvalue weighted by atomic mass is 10.1. The van der Waals surface area contributed by atoms with Crippen LogP contribution in [0.2, 0.25) is 0 Å². The molecule has 0 saturated heterocycles. The van der Waals surface area contributed by atoms with Gasteiger partial charge in [-0.2, -0.15) is 0 Å². The Balaban J connectivity index is 0.00000408. The van der Waals surface area contributed by atoms with Crippen molar-refractivity contribution in [2.24, 2.45) is 5.73 Å². The molecule has 0 unspecified atom stereocenters. The zero-order valence-electron chi connectivity index (χ0n) is 18.7. The van der Waals surface area contributed by atoms with Gasteiger partial charge < -0.3 is 20.0 Å². The number of nitrogens with two attached hydrogens (primary N) is 1. The third kappa shape index (κ3) is 8.61. The van der Waals surface area contributed by atoms with E-state index in [-0.39, 0.29) is 12.4 Å². The van der Waals surface area contributed by atoms with Crippen LogP contribution in [0.25, 0.3) is 6.08 Å². The lowest BCUT2D eigenvalue weighted by Crippen LogP contribution is -2.35. The van der Waals surface area contributed by atoms with E-state index in [1.165, 1.54) is 13.2 Å². The highest BCUT2D eigenvalue weighted by molar-refractivity contribution is 5.87. The summed E-state index contributed by atoms with van der Waals surface area (Å²) in [5.74, 6) is -0.270. The summed E-state index contributed by atoms with van der Waals surface area (Å²) >= 11 is 0. The van der Waals surface area contributed by atoms with Crippen molar-refractivity contribution in [1.82, 2.24) is 0 Å². The summed E-state index contributed by atoms with van der Waals surface area (Å²) in [6, 6.07) is 23.5. The standard InChI is InChI=1S/C26H26N2O5.ClH/c1-31-25(29)16-11-19-7-12-22(13-8-19)28-33-26(30)24(27)17-20-9-14-23(15-10-20)32-18-21-5-3-2-4-6-21;/h2-16,24,28H,17-18,27H2,1H3;1H/t24-;/m0./s1. The number of hydrogen-bond donors (Lipinski definition) is 2. The first-order chi connectivity index (χ1) is 16.0. The van der Waals surface area contributed by atoms with E-state index in [2.05, 4.69) is 10.2 Å². The Morgan fingerprint density at radius 2 is 1.62 bits per heavy atom. The Morgan fingerprint density at radius 1 is 0.941 bits per heavy atom. The Morgan fingerprint density at radius 3 is 2.26 bits per heavy atom. The Hall–Kier alpha value is -3.81. The first-order valence-corrected chi connectivity index (χ1v) is 10.4. The van der Waals surface area contributed by atoms with Crippen LogP contribution in [0.4, 0.5) is 5.69 Å². The molecule has 0 heterocycles. The molecule has 8 heteroatoms. The lowest BCUT2D eigenvalue weighted by Gasteiger charge is -2.13. The number of rotatable bonds is 10. The second kappa shape index (κ2) is 13.7. The molecule has 0 aliphatic carbocycles. The smallest absolute Gasteiger partial charge is 0.348 e. The van der Waals surface area contributed by atoms with Gasteiger partial charge in [-0.1, -0.05) is 54.6 Å². The fraction of sp³-hybridized carbons (Fsp3) is 0.154. The Kier molecular flexibility index (Phi) is 10.6. The summed E-state index contributed by atoms with van der Waals surface area (Å²) in [4.78, 5) is 28.5. The van der Waals surface area contributed by atoms with Crippen molar-refractivity contribution < 1.29 is 23.9 Å². The summed E-state index contributed by atoms with van der Waals surface area (Å²) in [5.41, 5.74) is 11.9. The van der Waals surface area contributed by atoms with Crippen molar-refractivity contribution >= 4 is 36.1 Å². The monoisotopic (exact) mass is 482 g/mol. The number of halogens is 1. The van der Waals surface area contributed by atoms with E-state index in [4.69, 9.17) is 15.3 Å². The van der Waals surface area contributed by atoms with Crippen molar-refractivity contribution in [3.63, 3.8) is 0 Å². The van der Waals surface area contributed by atoms with Crippen molar-refractivity contribution in [2.75, 3.05) is 12.6 Å². The molecule has 3 aromatic carbocycles. The molecule has 0 amide bonds.